The first kappa shape index (κ1) is 23.5. The van der Waals surface area contributed by atoms with Gasteiger partial charge in [-0.05, 0) is 0 Å². The molecule has 0 aromatic carbocycles. The maximum atomic E-state index is 7.62. The van der Waals surface area contributed by atoms with Crippen LogP contribution in [0.25, 0.3) is 0 Å². The van der Waals surface area contributed by atoms with Crippen LogP contribution in [-0.4, -0.2) is 82.5 Å². The van der Waals surface area contributed by atoms with Gasteiger partial charge in [0.25, 0.3) is 0 Å². The molecular formula is C7H22O7. The largest absolute Gasteiger partial charge is 0.400 e. The van der Waals surface area contributed by atoms with Crippen molar-refractivity contribution in [2.24, 2.45) is 0 Å². The fraction of sp³-hybridized carbons (Fsp3) is 1.00. The van der Waals surface area contributed by atoms with Gasteiger partial charge in [0.2, 0.25) is 0 Å². The molecule has 0 unspecified atom stereocenters. The normalized spacial score (nSPS) is 6.86. The summed E-state index contributed by atoms with van der Waals surface area (Å²) in [4.78, 5) is 0. The smallest absolute Gasteiger partial charge is 0.0662 e. The Morgan fingerprint density at radius 2 is 0.500 bits per heavy atom. The standard InChI is InChI=1S/3C2H6O2.CH4O/c3*3-1-2-4;1-2/h3*3-4H,1-2H2;2H,1H3. The van der Waals surface area contributed by atoms with Crippen LogP contribution in [0.4, 0.5) is 0 Å². The second-order valence-corrected chi connectivity index (χ2v) is 1.34. The number of aliphatic hydroxyl groups is 7. The minimum atomic E-state index is -0.125. The fourth-order valence-corrected chi connectivity index (χ4v) is 0. The molecule has 92 valence electrons. The highest BCUT2D eigenvalue weighted by Gasteiger charge is 1.58. The lowest BCUT2D eigenvalue weighted by Gasteiger charge is -1.70. The first-order valence-electron chi connectivity index (χ1n) is 3.84. The van der Waals surface area contributed by atoms with Gasteiger partial charge in [0, 0.05) is 7.11 Å². The molecule has 0 amide bonds. The van der Waals surface area contributed by atoms with Crippen molar-refractivity contribution in [3.8, 4) is 0 Å². The third-order valence-electron chi connectivity index (χ3n) is 0.300. The molecule has 0 aromatic rings. The summed E-state index contributed by atoms with van der Waals surface area (Å²) in [6.45, 7) is -0.750. The zero-order valence-electron chi connectivity index (χ0n) is 8.37. The van der Waals surface area contributed by atoms with Gasteiger partial charge in [0.15, 0.2) is 0 Å². The predicted octanol–water partition coefficient (Wildman–Crippen LogP) is -3.48. The van der Waals surface area contributed by atoms with E-state index < -0.39 is 0 Å². The average molecular weight is 218 g/mol. The lowest BCUT2D eigenvalue weighted by atomic mass is 10.8. The summed E-state index contributed by atoms with van der Waals surface area (Å²) in [5.41, 5.74) is 0. The van der Waals surface area contributed by atoms with Crippen LogP contribution in [-0.2, 0) is 0 Å². The van der Waals surface area contributed by atoms with Gasteiger partial charge in [-0.1, -0.05) is 0 Å². The predicted molar refractivity (Wildman–Crippen MR) is 50.7 cm³/mol. The molecule has 0 radical (unpaired) electrons. The van der Waals surface area contributed by atoms with Gasteiger partial charge in [-0.25, -0.2) is 0 Å². The summed E-state index contributed by atoms with van der Waals surface area (Å²) in [5.74, 6) is 0. The van der Waals surface area contributed by atoms with Gasteiger partial charge < -0.3 is 35.7 Å². The summed E-state index contributed by atoms with van der Waals surface area (Å²) < 4.78 is 0. The van der Waals surface area contributed by atoms with E-state index in [1.165, 1.54) is 0 Å². The van der Waals surface area contributed by atoms with Gasteiger partial charge >= 0.3 is 0 Å². The molecule has 0 saturated carbocycles. The van der Waals surface area contributed by atoms with E-state index in [9.17, 15) is 0 Å². The van der Waals surface area contributed by atoms with Crippen molar-refractivity contribution in [2.45, 2.75) is 0 Å². The maximum Gasteiger partial charge on any atom is 0.0662 e. The van der Waals surface area contributed by atoms with E-state index in [4.69, 9.17) is 35.7 Å². The van der Waals surface area contributed by atoms with E-state index in [-0.39, 0.29) is 39.6 Å². The van der Waals surface area contributed by atoms with Gasteiger partial charge in [-0.15, -0.1) is 0 Å². The molecule has 0 aliphatic heterocycles. The molecule has 7 nitrogen and oxygen atoms in total. The van der Waals surface area contributed by atoms with Crippen molar-refractivity contribution >= 4 is 0 Å². The van der Waals surface area contributed by atoms with Crippen LogP contribution in [0.1, 0.15) is 0 Å². The summed E-state index contributed by atoms with van der Waals surface area (Å²) in [6.07, 6.45) is 0. The first-order valence-corrected chi connectivity index (χ1v) is 3.84. The average Bonchev–Trinajstić information content (AvgIpc) is 2.31. The molecule has 0 atom stereocenters. The topological polar surface area (TPSA) is 142 Å². The number of rotatable bonds is 3. The van der Waals surface area contributed by atoms with E-state index in [1.54, 1.807) is 0 Å². The van der Waals surface area contributed by atoms with Crippen LogP contribution in [0.5, 0.6) is 0 Å². The minimum Gasteiger partial charge on any atom is -0.400 e. The van der Waals surface area contributed by atoms with E-state index in [0.29, 0.717) is 0 Å². The Morgan fingerprint density at radius 1 is 0.429 bits per heavy atom. The van der Waals surface area contributed by atoms with Gasteiger partial charge in [-0.3, -0.25) is 0 Å². The quantitative estimate of drug-likeness (QED) is 0.261. The zero-order valence-corrected chi connectivity index (χ0v) is 8.37. The third kappa shape index (κ3) is 182. The van der Waals surface area contributed by atoms with Crippen LogP contribution < -0.4 is 0 Å². The van der Waals surface area contributed by atoms with Crippen molar-refractivity contribution in [1.82, 2.24) is 0 Å². The van der Waals surface area contributed by atoms with Gasteiger partial charge in [0.1, 0.15) is 0 Å². The molecule has 0 aromatic heterocycles. The van der Waals surface area contributed by atoms with E-state index in [2.05, 4.69) is 0 Å². The van der Waals surface area contributed by atoms with Gasteiger partial charge in [0.05, 0.1) is 39.6 Å². The van der Waals surface area contributed by atoms with Gasteiger partial charge in [-0.2, -0.15) is 0 Å². The second-order valence-electron chi connectivity index (χ2n) is 1.34. The van der Waals surface area contributed by atoms with Crippen molar-refractivity contribution in [3.05, 3.63) is 0 Å². The summed E-state index contributed by atoms with van der Waals surface area (Å²) >= 11 is 0. The molecule has 0 aliphatic rings. The Labute approximate surface area is 83.5 Å². The second kappa shape index (κ2) is 53.4. The van der Waals surface area contributed by atoms with Crippen LogP contribution in [0.3, 0.4) is 0 Å². The van der Waals surface area contributed by atoms with Crippen molar-refractivity contribution in [3.63, 3.8) is 0 Å². The Morgan fingerprint density at radius 3 is 0.500 bits per heavy atom. The highest BCUT2D eigenvalue weighted by Crippen LogP contribution is 1.40. The minimum absolute atomic E-state index is 0.125. The van der Waals surface area contributed by atoms with Crippen LogP contribution in [0, 0.1) is 0 Å². The summed E-state index contributed by atoms with van der Waals surface area (Å²) in [5, 5.41) is 52.8. The van der Waals surface area contributed by atoms with Crippen molar-refractivity contribution in [2.75, 3.05) is 46.8 Å². The SMILES string of the molecule is CO.OCCO.OCCO.OCCO. The molecule has 14 heavy (non-hydrogen) atoms. The highest BCUT2D eigenvalue weighted by molar-refractivity contribution is 4.07. The molecular weight excluding hydrogens is 196 g/mol. The molecule has 0 aliphatic carbocycles. The number of hydrogen-bond acceptors (Lipinski definition) is 7. The molecule has 0 spiro atoms. The monoisotopic (exact) mass is 218 g/mol. The van der Waals surface area contributed by atoms with Crippen LogP contribution in [0.15, 0.2) is 0 Å². The molecule has 0 rings (SSSR count). The van der Waals surface area contributed by atoms with E-state index in [0.717, 1.165) is 7.11 Å². The molecule has 0 saturated heterocycles. The molecule has 0 heterocycles. The number of hydrogen-bond donors (Lipinski definition) is 7. The molecule has 0 fully saturated rings. The van der Waals surface area contributed by atoms with Crippen molar-refractivity contribution < 1.29 is 35.7 Å². The molecule has 7 N–H and O–H groups in total. The Balaban J connectivity index is -0.0000000492. The lowest BCUT2D eigenvalue weighted by molar-refractivity contribution is 0.186. The highest BCUT2D eigenvalue weighted by atomic mass is 16.3. The summed E-state index contributed by atoms with van der Waals surface area (Å²) in [6, 6.07) is 0. The lowest BCUT2D eigenvalue weighted by Crippen LogP contribution is -1.85. The molecule has 7 heteroatoms. The Kier molecular flexibility index (Phi) is 89.6. The van der Waals surface area contributed by atoms with Crippen LogP contribution >= 0.6 is 0 Å². The van der Waals surface area contributed by atoms with Crippen molar-refractivity contribution in [1.29, 1.82) is 0 Å². The van der Waals surface area contributed by atoms with E-state index in [1.807, 2.05) is 0 Å². The maximum absolute atomic E-state index is 7.62. The Bertz CT molecular complexity index is 29.5. The third-order valence-corrected chi connectivity index (χ3v) is 0.300. The first-order chi connectivity index (χ1) is 6.74. The zero-order chi connectivity index (χ0) is 12.2. The number of aliphatic hydroxyl groups excluding tert-OH is 7. The van der Waals surface area contributed by atoms with E-state index >= 15 is 0 Å². The molecule has 0 bridgehead atoms. The fourth-order valence-electron chi connectivity index (χ4n) is 0. The summed E-state index contributed by atoms with van der Waals surface area (Å²) in [7, 11) is 1.00. The van der Waals surface area contributed by atoms with Crippen LogP contribution in [0.2, 0.25) is 0 Å². The Hall–Kier alpha value is -0.280.